The Labute approximate surface area is 120 Å². The number of nitrogens with zero attached hydrogens (tertiary/aromatic N) is 1. The van der Waals surface area contributed by atoms with Crippen LogP contribution in [0, 0.1) is 18.3 Å². The summed E-state index contributed by atoms with van der Waals surface area (Å²) in [7, 11) is 0. The summed E-state index contributed by atoms with van der Waals surface area (Å²) in [5.41, 5.74) is 3.33. The van der Waals surface area contributed by atoms with E-state index in [1.165, 1.54) is 11.1 Å². The minimum Gasteiger partial charge on any atom is -0.192 e. The molecule has 0 saturated carbocycles. The van der Waals surface area contributed by atoms with E-state index in [0.29, 0.717) is 5.56 Å². The number of hydrogen-bond acceptors (Lipinski definition) is 2. The minimum atomic E-state index is 0.691. The van der Waals surface area contributed by atoms with Crippen molar-refractivity contribution in [2.75, 3.05) is 0 Å². The lowest BCUT2D eigenvalue weighted by atomic mass is 10.1. The lowest BCUT2D eigenvalue weighted by molar-refractivity contribution is 1.29. The quantitative estimate of drug-likeness (QED) is 0.750. The first kappa shape index (κ1) is 13.2. The second-order valence-corrected chi connectivity index (χ2v) is 5.97. The van der Waals surface area contributed by atoms with Gasteiger partial charge in [0, 0.05) is 15.1 Å². The lowest BCUT2D eigenvalue weighted by Gasteiger charge is -2.06. The predicted octanol–water partition coefficient (Wildman–Crippen LogP) is 4.92. The maximum absolute atomic E-state index is 8.94. The van der Waals surface area contributed by atoms with E-state index in [0.717, 1.165) is 15.1 Å². The zero-order valence-electron chi connectivity index (χ0n) is 9.98. The first-order valence-electron chi connectivity index (χ1n) is 5.57. The zero-order valence-corrected chi connectivity index (χ0v) is 12.4. The van der Waals surface area contributed by atoms with Crippen molar-refractivity contribution in [1.29, 1.82) is 5.26 Å². The van der Waals surface area contributed by atoms with Crippen LogP contribution >= 0.6 is 27.7 Å². The summed E-state index contributed by atoms with van der Waals surface area (Å²) in [6.45, 7) is 2.12. The van der Waals surface area contributed by atoms with Crippen molar-refractivity contribution in [3.05, 3.63) is 63.6 Å². The Hall–Kier alpha value is -1.24. The Morgan fingerprint density at radius 1 is 1.22 bits per heavy atom. The highest BCUT2D eigenvalue weighted by molar-refractivity contribution is 9.10. The Bertz CT molecular complexity index is 602. The van der Waals surface area contributed by atoms with Crippen LogP contribution in [0.4, 0.5) is 0 Å². The molecule has 0 aliphatic rings. The van der Waals surface area contributed by atoms with Crippen molar-refractivity contribution >= 4 is 27.7 Å². The average Bonchev–Trinajstić information content (AvgIpc) is 2.37. The van der Waals surface area contributed by atoms with Crippen LogP contribution in [0.25, 0.3) is 0 Å². The summed E-state index contributed by atoms with van der Waals surface area (Å²) < 4.78 is 0.953. The summed E-state index contributed by atoms with van der Waals surface area (Å²) in [4.78, 5) is 1.11. The summed E-state index contributed by atoms with van der Waals surface area (Å²) in [5.74, 6) is 0.925. The van der Waals surface area contributed by atoms with Gasteiger partial charge in [0.1, 0.15) is 0 Å². The Kier molecular flexibility index (Phi) is 4.46. The number of benzene rings is 2. The van der Waals surface area contributed by atoms with E-state index in [9.17, 15) is 0 Å². The normalized spacial score (nSPS) is 10.1. The van der Waals surface area contributed by atoms with Gasteiger partial charge in [0.05, 0.1) is 11.6 Å². The van der Waals surface area contributed by atoms with Gasteiger partial charge in [-0.1, -0.05) is 40.2 Å². The summed E-state index contributed by atoms with van der Waals surface area (Å²) in [6, 6.07) is 16.4. The van der Waals surface area contributed by atoms with Gasteiger partial charge in [0.25, 0.3) is 0 Å². The van der Waals surface area contributed by atoms with Crippen molar-refractivity contribution in [3.63, 3.8) is 0 Å². The van der Waals surface area contributed by atoms with Crippen molar-refractivity contribution in [2.24, 2.45) is 0 Å². The van der Waals surface area contributed by atoms with Crippen LogP contribution in [0.2, 0.25) is 0 Å². The van der Waals surface area contributed by atoms with E-state index >= 15 is 0 Å². The molecule has 2 aromatic carbocycles. The SMILES string of the molecule is Cc1ccccc1CSc1cc(Br)cc(C#N)c1. The highest BCUT2D eigenvalue weighted by Crippen LogP contribution is 2.27. The molecule has 2 aromatic rings. The molecule has 0 heterocycles. The maximum Gasteiger partial charge on any atom is 0.0992 e. The van der Waals surface area contributed by atoms with Gasteiger partial charge in [-0.15, -0.1) is 11.8 Å². The van der Waals surface area contributed by atoms with Crippen LogP contribution < -0.4 is 0 Å². The molecule has 0 radical (unpaired) electrons. The predicted molar refractivity (Wildman–Crippen MR) is 79.6 cm³/mol. The summed E-state index contributed by atoms with van der Waals surface area (Å²) in [6.07, 6.45) is 0. The average molecular weight is 318 g/mol. The van der Waals surface area contributed by atoms with Crippen LogP contribution in [0.5, 0.6) is 0 Å². The van der Waals surface area contributed by atoms with Gasteiger partial charge in [-0.25, -0.2) is 0 Å². The maximum atomic E-state index is 8.94. The first-order chi connectivity index (χ1) is 8.69. The van der Waals surface area contributed by atoms with E-state index in [4.69, 9.17) is 5.26 Å². The molecule has 0 aliphatic heterocycles. The monoisotopic (exact) mass is 317 g/mol. The van der Waals surface area contributed by atoms with Gasteiger partial charge in [-0.05, 0) is 36.2 Å². The number of nitriles is 1. The molecule has 90 valence electrons. The van der Waals surface area contributed by atoms with Gasteiger partial charge in [0.15, 0.2) is 0 Å². The van der Waals surface area contributed by atoms with E-state index in [1.54, 1.807) is 11.8 Å². The fraction of sp³-hybridized carbons (Fsp3) is 0.133. The van der Waals surface area contributed by atoms with E-state index in [-0.39, 0.29) is 0 Å². The number of thioether (sulfide) groups is 1. The Morgan fingerprint density at radius 3 is 2.72 bits per heavy atom. The smallest absolute Gasteiger partial charge is 0.0992 e. The van der Waals surface area contributed by atoms with Crippen LogP contribution in [-0.2, 0) is 5.75 Å². The van der Waals surface area contributed by atoms with Gasteiger partial charge in [0.2, 0.25) is 0 Å². The molecule has 3 heteroatoms. The third-order valence-electron chi connectivity index (χ3n) is 2.66. The van der Waals surface area contributed by atoms with Crippen molar-refractivity contribution in [3.8, 4) is 6.07 Å². The topological polar surface area (TPSA) is 23.8 Å². The minimum absolute atomic E-state index is 0.691. The largest absolute Gasteiger partial charge is 0.192 e. The molecular weight excluding hydrogens is 306 g/mol. The molecule has 18 heavy (non-hydrogen) atoms. The molecule has 0 unspecified atom stereocenters. The van der Waals surface area contributed by atoms with Gasteiger partial charge in [-0.3, -0.25) is 0 Å². The molecule has 0 fully saturated rings. The molecule has 2 rings (SSSR count). The molecule has 0 aromatic heterocycles. The van der Waals surface area contributed by atoms with Crippen molar-refractivity contribution in [2.45, 2.75) is 17.6 Å². The van der Waals surface area contributed by atoms with Crippen LogP contribution in [0.3, 0.4) is 0 Å². The third kappa shape index (κ3) is 3.38. The first-order valence-corrected chi connectivity index (χ1v) is 7.35. The summed E-state index contributed by atoms with van der Waals surface area (Å²) >= 11 is 5.18. The lowest BCUT2D eigenvalue weighted by Crippen LogP contribution is -1.86. The molecular formula is C15H12BrNS. The highest BCUT2D eigenvalue weighted by Gasteiger charge is 2.02. The fourth-order valence-corrected chi connectivity index (χ4v) is 3.36. The van der Waals surface area contributed by atoms with E-state index in [1.807, 2.05) is 18.2 Å². The second-order valence-electron chi connectivity index (χ2n) is 4.00. The fourth-order valence-electron chi connectivity index (χ4n) is 1.64. The molecule has 0 bridgehead atoms. The molecule has 0 spiro atoms. The zero-order chi connectivity index (χ0) is 13.0. The Morgan fingerprint density at radius 2 is 2.00 bits per heavy atom. The number of aryl methyl sites for hydroxylation is 1. The number of halogens is 1. The molecule has 0 saturated heterocycles. The molecule has 0 atom stereocenters. The standard InChI is InChI=1S/C15H12BrNS/c1-11-4-2-3-5-13(11)10-18-15-7-12(9-17)6-14(16)8-15/h2-8H,10H2,1H3. The van der Waals surface area contributed by atoms with Crippen molar-refractivity contribution < 1.29 is 0 Å². The molecule has 0 N–H and O–H groups in total. The molecule has 0 aliphatic carbocycles. The van der Waals surface area contributed by atoms with Crippen molar-refractivity contribution in [1.82, 2.24) is 0 Å². The van der Waals surface area contributed by atoms with Crippen LogP contribution in [-0.4, -0.2) is 0 Å². The highest BCUT2D eigenvalue weighted by atomic mass is 79.9. The Balaban J connectivity index is 2.14. The van der Waals surface area contributed by atoms with E-state index < -0.39 is 0 Å². The van der Waals surface area contributed by atoms with Crippen LogP contribution in [0.15, 0.2) is 51.8 Å². The second kappa shape index (κ2) is 6.08. The number of rotatable bonds is 3. The third-order valence-corrected chi connectivity index (χ3v) is 4.14. The van der Waals surface area contributed by atoms with Gasteiger partial charge in [-0.2, -0.15) is 5.26 Å². The van der Waals surface area contributed by atoms with Gasteiger partial charge >= 0.3 is 0 Å². The van der Waals surface area contributed by atoms with Gasteiger partial charge < -0.3 is 0 Å². The summed E-state index contributed by atoms with van der Waals surface area (Å²) in [5, 5.41) is 8.94. The molecule has 1 nitrogen and oxygen atoms in total. The van der Waals surface area contributed by atoms with Crippen LogP contribution in [0.1, 0.15) is 16.7 Å². The number of hydrogen-bond donors (Lipinski definition) is 0. The van der Waals surface area contributed by atoms with E-state index in [2.05, 4.69) is 53.2 Å². The molecule has 0 amide bonds.